The molecule has 1 aliphatic rings. The van der Waals surface area contributed by atoms with E-state index in [4.69, 9.17) is 4.74 Å². The number of carbonyl (C=O) groups is 1. The number of aromatic amines is 1. The number of H-pyrrole nitrogens is 1. The van der Waals surface area contributed by atoms with Crippen molar-refractivity contribution in [2.75, 3.05) is 7.11 Å². The third-order valence-electron chi connectivity index (χ3n) is 4.20. The summed E-state index contributed by atoms with van der Waals surface area (Å²) in [4.78, 5) is 14.9. The molecule has 5 heteroatoms. The molecule has 2 aromatic carbocycles. The zero-order valence-electron chi connectivity index (χ0n) is 11.7. The molecule has 0 radical (unpaired) electrons. The summed E-state index contributed by atoms with van der Waals surface area (Å²) in [5, 5.41) is 10.2. The maximum atomic E-state index is 11.5. The number of halogens is 1. The lowest BCUT2D eigenvalue weighted by Crippen LogP contribution is -1.98. The van der Waals surface area contributed by atoms with Gasteiger partial charge in [0.25, 0.3) is 0 Å². The molecule has 0 spiro atoms. The van der Waals surface area contributed by atoms with Gasteiger partial charge < -0.3 is 14.8 Å². The number of carboxylic acid groups (broad SMARTS) is 1. The fraction of sp³-hybridized carbons (Fsp3) is 0.118. The Labute approximate surface area is 134 Å². The molecular formula is C17H12BrNO3. The van der Waals surface area contributed by atoms with Crippen LogP contribution < -0.4 is 4.74 Å². The van der Waals surface area contributed by atoms with E-state index in [0.717, 1.165) is 43.5 Å². The normalized spacial score (nSPS) is 12.3. The predicted octanol–water partition coefficient (Wildman–Crippen LogP) is 4.21. The molecule has 0 saturated heterocycles. The number of hydrogen-bond acceptors (Lipinski definition) is 2. The minimum absolute atomic E-state index is 0.334. The van der Waals surface area contributed by atoms with Gasteiger partial charge in [0.05, 0.1) is 22.8 Å². The SMILES string of the molecule is COc1c(Br)ccc2c1Cc1c-2[nH]c2cccc(C(=O)O)c12. The van der Waals surface area contributed by atoms with Crippen LogP contribution in [0.15, 0.2) is 34.8 Å². The van der Waals surface area contributed by atoms with Crippen LogP contribution in [0, 0.1) is 0 Å². The standard InChI is InChI=1S/C17H12BrNO3/c1-22-16-10-7-11-14-9(17(20)21)3-2-4-13(14)19-15(11)8(10)5-6-12(16)18/h2-6,19H,7H2,1H3,(H,20,21). The van der Waals surface area contributed by atoms with Gasteiger partial charge in [-0.3, -0.25) is 0 Å². The minimum atomic E-state index is -0.906. The van der Waals surface area contributed by atoms with E-state index in [-0.39, 0.29) is 0 Å². The highest BCUT2D eigenvalue weighted by atomic mass is 79.9. The first-order valence-corrected chi connectivity index (χ1v) is 7.63. The van der Waals surface area contributed by atoms with Crippen LogP contribution in [0.4, 0.5) is 0 Å². The minimum Gasteiger partial charge on any atom is -0.495 e. The molecular weight excluding hydrogens is 346 g/mol. The fourth-order valence-electron chi connectivity index (χ4n) is 3.31. The monoisotopic (exact) mass is 357 g/mol. The Kier molecular flexibility index (Phi) is 2.81. The lowest BCUT2D eigenvalue weighted by Gasteiger charge is -2.09. The Balaban J connectivity index is 2.05. The smallest absolute Gasteiger partial charge is 0.336 e. The second-order valence-corrected chi connectivity index (χ2v) is 6.15. The molecule has 3 aromatic rings. The molecule has 0 aliphatic heterocycles. The van der Waals surface area contributed by atoms with Gasteiger partial charge in [0.15, 0.2) is 0 Å². The third kappa shape index (κ3) is 1.66. The van der Waals surface area contributed by atoms with Gasteiger partial charge >= 0.3 is 5.97 Å². The molecule has 0 bridgehead atoms. The molecule has 2 N–H and O–H groups in total. The first kappa shape index (κ1) is 13.4. The van der Waals surface area contributed by atoms with Crippen molar-refractivity contribution >= 4 is 32.8 Å². The summed E-state index contributed by atoms with van der Waals surface area (Å²) in [6.45, 7) is 0. The van der Waals surface area contributed by atoms with Gasteiger partial charge in [-0.15, -0.1) is 0 Å². The molecule has 110 valence electrons. The van der Waals surface area contributed by atoms with Gasteiger partial charge in [0.2, 0.25) is 0 Å². The maximum absolute atomic E-state index is 11.5. The Morgan fingerprint density at radius 1 is 1.27 bits per heavy atom. The van der Waals surface area contributed by atoms with Crippen molar-refractivity contribution in [3.05, 3.63) is 51.5 Å². The van der Waals surface area contributed by atoms with Crippen LogP contribution in [-0.4, -0.2) is 23.2 Å². The predicted molar refractivity (Wildman–Crippen MR) is 87.8 cm³/mol. The molecule has 0 atom stereocenters. The van der Waals surface area contributed by atoms with Crippen molar-refractivity contribution in [3.63, 3.8) is 0 Å². The van der Waals surface area contributed by atoms with Gasteiger partial charge in [-0.05, 0) is 39.7 Å². The lowest BCUT2D eigenvalue weighted by atomic mass is 10.0. The van der Waals surface area contributed by atoms with E-state index in [1.54, 1.807) is 19.2 Å². The molecule has 0 unspecified atom stereocenters. The van der Waals surface area contributed by atoms with E-state index in [1.165, 1.54) is 0 Å². The van der Waals surface area contributed by atoms with Crippen LogP contribution in [-0.2, 0) is 6.42 Å². The second kappa shape index (κ2) is 4.61. The summed E-state index contributed by atoms with van der Waals surface area (Å²) in [6.07, 6.45) is 0.664. The third-order valence-corrected chi connectivity index (χ3v) is 4.82. The zero-order chi connectivity index (χ0) is 15.4. The van der Waals surface area contributed by atoms with E-state index in [1.807, 2.05) is 18.2 Å². The zero-order valence-corrected chi connectivity index (χ0v) is 13.3. The van der Waals surface area contributed by atoms with Crippen LogP contribution in [0.1, 0.15) is 21.5 Å². The number of ether oxygens (including phenoxy) is 1. The van der Waals surface area contributed by atoms with Gasteiger partial charge in [0.1, 0.15) is 5.75 Å². The maximum Gasteiger partial charge on any atom is 0.336 e. The summed E-state index contributed by atoms with van der Waals surface area (Å²) < 4.78 is 6.41. The summed E-state index contributed by atoms with van der Waals surface area (Å²) in [6, 6.07) is 9.31. The molecule has 1 heterocycles. The van der Waals surface area contributed by atoms with E-state index in [9.17, 15) is 9.90 Å². The Morgan fingerprint density at radius 2 is 2.09 bits per heavy atom. The lowest BCUT2D eigenvalue weighted by molar-refractivity contribution is 0.0699. The second-order valence-electron chi connectivity index (χ2n) is 5.30. The van der Waals surface area contributed by atoms with E-state index in [0.29, 0.717) is 12.0 Å². The summed E-state index contributed by atoms with van der Waals surface area (Å²) in [5.74, 6) is -0.0976. The Hall–Kier alpha value is -2.27. The molecule has 4 nitrogen and oxygen atoms in total. The number of aromatic carboxylic acids is 1. The molecule has 1 aliphatic carbocycles. The molecule has 0 saturated carbocycles. The highest BCUT2D eigenvalue weighted by Gasteiger charge is 2.28. The van der Waals surface area contributed by atoms with Crippen LogP contribution >= 0.6 is 15.9 Å². The van der Waals surface area contributed by atoms with Crippen molar-refractivity contribution in [3.8, 4) is 17.0 Å². The number of carboxylic acids is 1. The highest BCUT2D eigenvalue weighted by molar-refractivity contribution is 9.10. The number of benzene rings is 2. The highest BCUT2D eigenvalue weighted by Crippen LogP contribution is 2.46. The number of hydrogen-bond donors (Lipinski definition) is 2. The van der Waals surface area contributed by atoms with Gasteiger partial charge in [-0.1, -0.05) is 12.1 Å². The topological polar surface area (TPSA) is 62.3 Å². The van der Waals surface area contributed by atoms with Crippen LogP contribution in [0.2, 0.25) is 0 Å². The van der Waals surface area contributed by atoms with Crippen molar-refractivity contribution in [2.45, 2.75) is 6.42 Å². The number of fused-ring (bicyclic) bond motifs is 5. The number of nitrogens with one attached hydrogen (secondary N) is 1. The fourth-order valence-corrected chi connectivity index (χ4v) is 3.84. The molecule has 1 aromatic heterocycles. The van der Waals surface area contributed by atoms with Crippen molar-refractivity contribution < 1.29 is 14.6 Å². The summed E-state index contributed by atoms with van der Waals surface area (Å²) in [7, 11) is 1.65. The molecule has 0 fully saturated rings. The van der Waals surface area contributed by atoms with Crippen LogP contribution in [0.3, 0.4) is 0 Å². The summed E-state index contributed by atoms with van der Waals surface area (Å²) in [5.41, 5.74) is 5.37. The number of aromatic nitrogens is 1. The van der Waals surface area contributed by atoms with Crippen molar-refractivity contribution in [2.24, 2.45) is 0 Å². The first-order chi connectivity index (χ1) is 10.6. The largest absolute Gasteiger partial charge is 0.495 e. The van der Waals surface area contributed by atoms with E-state index < -0.39 is 5.97 Å². The molecule has 0 amide bonds. The molecule has 22 heavy (non-hydrogen) atoms. The van der Waals surface area contributed by atoms with Crippen LogP contribution in [0.5, 0.6) is 5.75 Å². The van der Waals surface area contributed by atoms with Crippen molar-refractivity contribution in [1.29, 1.82) is 0 Å². The number of methoxy groups -OCH3 is 1. The summed E-state index contributed by atoms with van der Waals surface area (Å²) >= 11 is 3.50. The van der Waals surface area contributed by atoms with E-state index >= 15 is 0 Å². The average molecular weight is 358 g/mol. The van der Waals surface area contributed by atoms with Gasteiger partial charge in [-0.25, -0.2) is 4.79 Å². The number of rotatable bonds is 2. The Bertz CT molecular complexity index is 943. The van der Waals surface area contributed by atoms with E-state index in [2.05, 4.69) is 20.9 Å². The van der Waals surface area contributed by atoms with Crippen molar-refractivity contribution in [1.82, 2.24) is 4.98 Å². The van der Waals surface area contributed by atoms with Crippen LogP contribution in [0.25, 0.3) is 22.2 Å². The van der Waals surface area contributed by atoms with Gasteiger partial charge in [-0.2, -0.15) is 0 Å². The quantitative estimate of drug-likeness (QED) is 0.564. The van der Waals surface area contributed by atoms with Gasteiger partial charge in [0, 0.05) is 28.5 Å². The Morgan fingerprint density at radius 3 is 2.82 bits per heavy atom. The molecule has 4 rings (SSSR count). The first-order valence-electron chi connectivity index (χ1n) is 6.84. The average Bonchev–Trinajstić information content (AvgIpc) is 3.02.